The van der Waals surface area contributed by atoms with E-state index in [1.807, 2.05) is 48.5 Å². The molecule has 3 rings (SSSR count). The molecule has 0 saturated carbocycles. The molecule has 1 N–H and O–H groups in total. The number of carbonyl (C=O) groups excluding carboxylic acids is 2. The van der Waals surface area contributed by atoms with Gasteiger partial charge in [0.2, 0.25) is 5.91 Å². The maximum absolute atomic E-state index is 12.9. The first-order chi connectivity index (χ1) is 12.7. The lowest BCUT2D eigenvalue weighted by atomic mass is 9.94. The van der Waals surface area contributed by atoms with Crippen LogP contribution in [0.5, 0.6) is 0 Å². The highest BCUT2D eigenvalue weighted by Gasteiger charge is 2.24. The lowest BCUT2D eigenvalue weighted by Crippen LogP contribution is -2.23. The number of pyridine rings is 1. The Kier molecular flexibility index (Phi) is 5.39. The molecule has 0 aliphatic rings. The fourth-order valence-corrected chi connectivity index (χ4v) is 2.67. The SMILES string of the molecule is COC(=O)c1ccc(NC(=O)C(c2ccccc2)c2ccccn2)cc1. The highest BCUT2D eigenvalue weighted by molar-refractivity contribution is 5.98. The standard InChI is InChI=1S/C21H18N2O3/c1-26-21(25)16-10-12-17(13-11-16)23-20(24)19(15-7-3-2-4-8-15)18-9-5-6-14-22-18/h2-14,19H,1H3,(H,23,24). The monoisotopic (exact) mass is 346 g/mol. The average molecular weight is 346 g/mol. The van der Waals surface area contributed by atoms with Gasteiger partial charge in [-0.2, -0.15) is 0 Å². The molecule has 0 spiro atoms. The fourth-order valence-electron chi connectivity index (χ4n) is 2.67. The third-order valence-electron chi connectivity index (χ3n) is 3.95. The summed E-state index contributed by atoms with van der Waals surface area (Å²) in [4.78, 5) is 28.8. The fraction of sp³-hybridized carbons (Fsp3) is 0.0952. The van der Waals surface area contributed by atoms with Crippen LogP contribution < -0.4 is 5.32 Å². The van der Waals surface area contributed by atoms with E-state index in [2.05, 4.69) is 15.0 Å². The molecule has 1 aromatic heterocycles. The number of carbonyl (C=O) groups is 2. The summed E-state index contributed by atoms with van der Waals surface area (Å²) >= 11 is 0. The van der Waals surface area contributed by atoms with Crippen LogP contribution in [-0.4, -0.2) is 24.0 Å². The van der Waals surface area contributed by atoms with Gasteiger partial charge in [-0.25, -0.2) is 4.79 Å². The summed E-state index contributed by atoms with van der Waals surface area (Å²) < 4.78 is 4.68. The van der Waals surface area contributed by atoms with Crippen molar-refractivity contribution in [2.45, 2.75) is 5.92 Å². The molecular formula is C21H18N2O3. The Bertz CT molecular complexity index is 839. The van der Waals surface area contributed by atoms with E-state index in [1.165, 1.54) is 7.11 Å². The van der Waals surface area contributed by atoms with Crippen LogP contribution in [0, 0.1) is 0 Å². The van der Waals surface area contributed by atoms with E-state index >= 15 is 0 Å². The molecule has 0 aliphatic heterocycles. The predicted octanol–water partition coefficient (Wildman–Crippen LogP) is 3.64. The number of anilines is 1. The molecule has 0 saturated heterocycles. The normalized spacial score (nSPS) is 11.4. The Balaban J connectivity index is 1.85. The van der Waals surface area contributed by atoms with Crippen molar-refractivity contribution >= 4 is 17.6 Å². The van der Waals surface area contributed by atoms with Gasteiger partial charge >= 0.3 is 5.97 Å². The smallest absolute Gasteiger partial charge is 0.337 e. The lowest BCUT2D eigenvalue weighted by molar-refractivity contribution is -0.116. The first-order valence-corrected chi connectivity index (χ1v) is 8.14. The molecular weight excluding hydrogens is 328 g/mol. The molecule has 1 unspecified atom stereocenters. The predicted molar refractivity (Wildman–Crippen MR) is 98.9 cm³/mol. The van der Waals surface area contributed by atoms with Crippen LogP contribution in [0.25, 0.3) is 0 Å². The number of rotatable bonds is 5. The number of hydrogen-bond acceptors (Lipinski definition) is 4. The van der Waals surface area contributed by atoms with Crippen molar-refractivity contribution in [3.8, 4) is 0 Å². The number of methoxy groups -OCH3 is 1. The van der Waals surface area contributed by atoms with Crippen molar-refractivity contribution in [3.63, 3.8) is 0 Å². The third kappa shape index (κ3) is 3.95. The second-order valence-electron chi connectivity index (χ2n) is 5.66. The highest BCUT2D eigenvalue weighted by Crippen LogP contribution is 2.25. The van der Waals surface area contributed by atoms with Crippen LogP contribution in [0.2, 0.25) is 0 Å². The van der Waals surface area contributed by atoms with E-state index in [1.54, 1.807) is 30.5 Å². The van der Waals surface area contributed by atoms with Gasteiger partial charge in [0.15, 0.2) is 0 Å². The maximum atomic E-state index is 12.9. The largest absolute Gasteiger partial charge is 0.465 e. The number of nitrogens with one attached hydrogen (secondary N) is 1. The van der Waals surface area contributed by atoms with Crippen LogP contribution in [0.1, 0.15) is 27.5 Å². The van der Waals surface area contributed by atoms with E-state index in [0.29, 0.717) is 16.9 Å². The lowest BCUT2D eigenvalue weighted by Gasteiger charge is -2.17. The van der Waals surface area contributed by atoms with Crippen molar-refractivity contribution in [2.24, 2.45) is 0 Å². The zero-order valence-electron chi connectivity index (χ0n) is 14.3. The van der Waals surface area contributed by atoms with Gasteiger partial charge in [0, 0.05) is 11.9 Å². The van der Waals surface area contributed by atoms with E-state index in [0.717, 1.165) is 5.56 Å². The Hall–Kier alpha value is -3.47. The molecule has 0 radical (unpaired) electrons. The Morgan fingerprint density at radius 3 is 2.23 bits per heavy atom. The highest BCUT2D eigenvalue weighted by atomic mass is 16.5. The first kappa shape index (κ1) is 17.4. The van der Waals surface area contributed by atoms with Crippen molar-refractivity contribution in [2.75, 3.05) is 12.4 Å². The summed E-state index contributed by atoms with van der Waals surface area (Å²) in [6.45, 7) is 0. The van der Waals surface area contributed by atoms with Gasteiger partial charge < -0.3 is 10.1 Å². The number of hydrogen-bond donors (Lipinski definition) is 1. The molecule has 1 heterocycles. The third-order valence-corrected chi connectivity index (χ3v) is 3.95. The van der Waals surface area contributed by atoms with Crippen molar-refractivity contribution in [1.82, 2.24) is 4.98 Å². The molecule has 5 heteroatoms. The van der Waals surface area contributed by atoms with Gasteiger partial charge in [-0.1, -0.05) is 36.4 Å². The summed E-state index contributed by atoms with van der Waals surface area (Å²) in [6, 6.07) is 21.6. The number of amides is 1. The van der Waals surface area contributed by atoms with Crippen LogP contribution in [-0.2, 0) is 9.53 Å². The van der Waals surface area contributed by atoms with Crippen molar-refractivity contribution in [3.05, 3.63) is 95.8 Å². The zero-order valence-corrected chi connectivity index (χ0v) is 14.3. The second-order valence-corrected chi connectivity index (χ2v) is 5.66. The number of ether oxygens (including phenoxy) is 1. The van der Waals surface area contributed by atoms with Gasteiger partial charge in [-0.3, -0.25) is 9.78 Å². The number of benzene rings is 2. The van der Waals surface area contributed by atoms with E-state index in [9.17, 15) is 9.59 Å². The van der Waals surface area contributed by atoms with E-state index in [-0.39, 0.29) is 5.91 Å². The topological polar surface area (TPSA) is 68.3 Å². The van der Waals surface area contributed by atoms with E-state index in [4.69, 9.17) is 0 Å². The zero-order chi connectivity index (χ0) is 18.4. The summed E-state index contributed by atoms with van der Waals surface area (Å²) in [5.74, 6) is -1.14. The molecule has 3 aromatic rings. The van der Waals surface area contributed by atoms with Gasteiger partial charge in [0.1, 0.15) is 5.92 Å². The first-order valence-electron chi connectivity index (χ1n) is 8.14. The molecule has 1 amide bonds. The number of aromatic nitrogens is 1. The molecule has 5 nitrogen and oxygen atoms in total. The molecule has 26 heavy (non-hydrogen) atoms. The summed E-state index contributed by atoms with van der Waals surface area (Å²) in [5, 5.41) is 2.89. The van der Waals surface area contributed by atoms with Gasteiger partial charge in [-0.05, 0) is 42.0 Å². The van der Waals surface area contributed by atoms with Gasteiger partial charge in [0.25, 0.3) is 0 Å². The molecule has 0 bridgehead atoms. The number of esters is 1. The Morgan fingerprint density at radius 2 is 1.62 bits per heavy atom. The van der Waals surface area contributed by atoms with Crippen LogP contribution in [0.3, 0.4) is 0 Å². The summed E-state index contributed by atoms with van der Waals surface area (Å²) in [6.07, 6.45) is 1.67. The average Bonchev–Trinajstić information content (AvgIpc) is 2.70. The second kappa shape index (κ2) is 8.07. The van der Waals surface area contributed by atoms with E-state index < -0.39 is 11.9 Å². The van der Waals surface area contributed by atoms with Crippen LogP contribution in [0.4, 0.5) is 5.69 Å². The quantitative estimate of drug-likeness (QED) is 0.716. The minimum Gasteiger partial charge on any atom is -0.465 e. The van der Waals surface area contributed by atoms with Crippen molar-refractivity contribution in [1.29, 1.82) is 0 Å². The van der Waals surface area contributed by atoms with Crippen LogP contribution in [0.15, 0.2) is 79.0 Å². The minimum absolute atomic E-state index is 0.194. The minimum atomic E-state index is -0.530. The Labute approximate surface area is 151 Å². The molecule has 130 valence electrons. The molecule has 1 atom stereocenters. The summed E-state index contributed by atoms with van der Waals surface area (Å²) in [5.41, 5.74) is 2.55. The molecule has 0 fully saturated rings. The number of nitrogens with zero attached hydrogens (tertiary/aromatic N) is 1. The molecule has 2 aromatic carbocycles. The van der Waals surface area contributed by atoms with Crippen LogP contribution >= 0.6 is 0 Å². The Morgan fingerprint density at radius 1 is 0.923 bits per heavy atom. The van der Waals surface area contributed by atoms with Gasteiger partial charge in [-0.15, -0.1) is 0 Å². The maximum Gasteiger partial charge on any atom is 0.337 e. The summed E-state index contributed by atoms with van der Waals surface area (Å²) in [7, 11) is 1.33. The van der Waals surface area contributed by atoms with Gasteiger partial charge in [0.05, 0.1) is 18.4 Å². The molecule has 0 aliphatic carbocycles. The van der Waals surface area contributed by atoms with Crippen molar-refractivity contribution < 1.29 is 14.3 Å².